The Morgan fingerprint density at radius 2 is 1.79 bits per heavy atom. The number of rotatable bonds is 9. The largest absolute Gasteiger partial charge is 0.370 e. The van der Waals surface area contributed by atoms with Gasteiger partial charge >= 0.3 is 0 Å². The van der Waals surface area contributed by atoms with Crippen LogP contribution in [-0.4, -0.2) is 36.1 Å². The Labute approximate surface area is 206 Å². The average Bonchev–Trinajstić information content (AvgIpc) is 3.17. The first-order valence-corrected chi connectivity index (χ1v) is 13.1. The van der Waals surface area contributed by atoms with Crippen molar-refractivity contribution in [2.45, 2.75) is 24.7 Å². The number of unbranched alkanes of at least 4 members (excludes halogenated alkanes) is 1. The number of hydrogen-bond donors (Lipinski definition) is 2. The van der Waals surface area contributed by atoms with Crippen LogP contribution in [0.2, 0.25) is 5.02 Å². The second kappa shape index (κ2) is 10.2. The maximum Gasteiger partial charge on any atom is 0.240 e. The van der Waals surface area contributed by atoms with E-state index >= 15 is 0 Å². The summed E-state index contributed by atoms with van der Waals surface area (Å²) in [5.74, 6) is 0.779. The smallest absolute Gasteiger partial charge is 0.240 e. The van der Waals surface area contributed by atoms with Crippen molar-refractivity contribution in [3.63, 3.8) is 0 Å². The van der Waals surface area contributed by atoms with E-state index in [9.17, 15) is 8.42 Å². The van der Waals surface area contributed by atoms with E-state index in [1.165, 1.54) is 0 Å². The number of fused-ring (bicyclic) bond motifs is 1. The minimum atomic E-state index is -3.51. The van der Waals surface area contributed by atoms with E-state index in [-0.39, 0.29) is 0 Å². The summed E-state index contributed by atoms with van der Waals surface area (Å²) in [7, 11) is -3.51. The molecule has 0 spiro atoms. The standard InChI is InChI=1S/C23H23BrClN5O2S/c1-16-8-2-5-11-21(16)33(31,32)28-13-7-6-12-26-22-14-20(17-9-3-4-10-19(17)25)29-23-18(24)15-27-30(22)23/h2-5,8-11,14-15,26,28H,6-7,12-13H2,1H3. The van der Waals surface area contributed by atoms with Gasteiger partial charge in [-0.3, -0.25) is 0 Å². The lowest BCUT2D eigenvalue weighted by atomic mass is 10.1. The molecule has 2 aromatic heterocycles. The minimum Gasteiger partial charge on any atom is -0.370 e. The van der Waals surface area contributed by atoms with Crippen LogP contribution >= 0.6 is 27.5 Å². The summed E-state index contributed by atoms with van der Waals surface area (Å²) in [5, 5.41) is 8.40. The minimum absolute atomic E-state index is 0.318. The van der Waals surface area contributed by atoms with Gasteiger partial charge in [-0.2, -0.15) is 9.61 Å². The molecule has 0 bridgehead atoms. The van der Waals surface area contributed by atoms with Crippen molar-refractivity contribution in [2.75, 3.05) is 18.4 Å². The van der Waals surface area contributed by atoms with Gasteiger partial charge in [-0.1, -0.05) is 48.0 Å². The molecule has 0 aliphatic heterocycles. The number of aromatic nitrogens is 3. The summed E-state index contributed by atoms with van der Waals surface area (Å²) in [6, 6.07) is 16.4. The molecule has 4 aromatic rings. The van der Waals surface area contributed by atoms with Crippen LogP contribution in [0.25, 0.3) is 16.9 Å². The number of aryl methyl sites for hydroxylation is 1. The van der Waals surface area contributed by atoms with Gasteiger partial charge in [0.1, 0.15) is 5.82 Å². The van der Waals surface area contributed by atoms with Crippen LogP contribution in [0.1, 0.15) is 18.4 Å². The third-order valence-corrected chi connectivity index (χ3v) is 7.67. The fourth-order valence-electron chi connectivity index (χ4n) is 3.48. The van der Waals surface area contributed by atoms with Crippen molar-refractivity contribution in [3.05, 3.63) is 75.9 Å². The van der Waals surface area contributed by atoms with Crippen molar-refractivity contribution in [2.24, 2.45) is 0 Å². The van der Waals surface area contributed by atoms with Crippen molar-refractivity contribution < 1.29 is 8.42 Å². The molecule has 0 aliphatic carbocycles. The first-order valence-electron chi connectivity index (χ1n) is 10.5. The topological polar surface area (TPSA) is 88.4 Å². The lowest BCUT2D eigenvalue weighted by Gasteiger charge is -2.12. The van der Waals surface area contributed by atoms with Crippen LogP contribution < -0.4 is 10.0 Å². The van der Waals surface area contributed by atoms with Crippen LogP contribution in [0.4, 0.5) is 5.82 Å². The van der Waals surface area contributed by atoms with Gasteiger partial charge in [0.15, 0.2) is 5.65 Å². The molecule has 10 heteroatoms. The molecule has 2 aromatic carbocycles. The summed E-state index contributed by atoms with van der Waals surface area (Å²) in [4.78, 5) is 5.02. The van der Waals surface area contributed by atoms with Crippen LogP contribution in [-0.2, 0) is 10.0 Å². The molecule has 0 saturated heterocycles. The molecule has 0 aliphatic rings. The van der Waals surface area contributed by atoms with Crippen LogP contribution in [0.5, 0.6) is 0 Å². The second-order valence-corrected chi connectivity index (χ2v) is 10.5. The number of anilines is 1. The molecule has 0 saturated carbocycles. The summed E-state index contributed by atoms with van der Waals surface area (Å²) in [6.07, 6.45) is 3.15. The Bertz CT molecular complexity index is 1390. The molecule has 0 fully saturated rings. The summed E-state index contributed by atoms with van der Waals surface area (Å²) < 4.78 is 30.2. The highest BCUT2D eigenvalue weighted by molar-refractivity contribution is 9.10. The molecule has 0 radical (unpaired) electrons. The number of sulfonamides is 1. The molecular weight excluding hydrogens is 526 g/mol. The molecule has 2 heterocycles. The van der Waals surface area contributed by atoms with Crippen LogP contribution in [0.15, 0.2) is 70.2 Å². The molecule has 0 amide bonds. The van der Waals surface area contributed by atoms with E-state index in [4.69, 9.17) is 16.6 Å². The second-order valence-electron chi connectivity index (χ2n) is 7.53. The van der Waals surface area contributed by atoms with Crippen LogP contribution in [0.3, 0.4) is 0 Å². The Balaban J connectivity index is 1.40. The highest BCUT2D eigenvalue weighted by Crippen LogP contribution is 2.30. The Hall–Kier alpha value is -2.46. The predicted octanol–water partition coefficient (Wildman–Crippen LogP) is 5.29. The number of nitrogens with zero attached hydrogens (tertiary/aromatic N) is 3. The molecule has 0 atom stereocenters. The van der Waals surface area contributed by atoms with E-state index < -0.39 is 10.0 Å². The van der Waals surface area contributed by atoms with Gasteiger partial charge in [-0.15, -0.1) is 0 Å². The number of halogens is 2. The predicted molar refractivity (Wildman–Crippen MR) is 135 cm³/mol. The molecule has 0 unspecified atom stereocenters. The summed E-state index contributed by atoms with van der Waals surface area (Å²) in [5.41, 5.74) is 2.99. The Morgan fingerprint density at radius 1 is 1.06 bits per heavy atom. The highest BCUT2D eigenvalue weighted by atomic mass is 79.9. The zero-order valence-electron chi connectivity index (χ0n) is 17.9. The zero-order chi connectivity index (χ0) is 23.4. The van der Waals surface area contributed by atoms with E-state index in [2.05, 4.69) is 31.1 Å². The normalized spacial score (nSPS) is 11.7. The average molecular weight is 549 g/mol. The fraction of sp³-hybridized carbons (Fsp3) is 0.217. The molecule has 2 N–H and O–H groups in total. The van der Waals surface area contributed by atoms with Crippen molar-refractivity contribution in [3.8, 4) is 11.3 Å². The van der Waals surface area contributed by atoms with Crippen molar-refractivity contribution >= 4 is 49.0 Å². The third-order valence-electron chi connectivity index (χ3n) is 5.16. The first kappa shape index (κ1) is 23.7. The molecule has 7 nitrogen and oxygen atoms in total. The Morgan fingerprint density at radius 3 is 2.58 bits per heavy atom. The maximum atomic E-state index is 12.5. The molecular formula is C23H23BrClN5O2S. The van der Waals surface area contributed by atoms with Gasteiger partial charge in [0.25, 0.3) is 0 Å². The maximum absolute atomic E-state index is 12.5. The van der Waals surface area contributed by atoms with Gasteiger partial charge in [0, 0.05) is 29.7 Å². The SMILES string of the molecule is Cc1ccccc1S(=O)(=O)NCCCCNc1cc(-c2ccccc2Cl)nc2c(Br)cnn12. The zero-order valence-corrected chi connectivity index (χ0v) is 21.1. The molecule has 33 heavy (non-hydrogen) atoms. The summed E-state index contributed by atoms with van der Waals surface area (Å²) in [6.45, 7) is 2.80. The van der Waals surface area contributed by atoms with Gasteiger partial charge in [-0.05, 0) is 53.4 Å². The Kier molecular flexibility index (Phi) is 7.33. The number of hydrogen-bond acceptors (Lipinski definition) is 5. The van der Waals surface area contributed by atoms with Gasteiger partial charge in [0.05, 0.1) is 21.3 Å². The van der Waals surface area contributed by atoms with E-state index in [1.54, 1.807) is 35.8 Å². The lowest BCUT2D eigenvalue weighted by Crippen LogP contribution is -2.25. The quantitative estimate of drug-likeness (QED) is 0.278. The van der Waals surface area contributed by atoms with Gasteiger partial charge < -0.3 is 5.32 Å². The fourth-order valence-corrected chi connectivity index (χ4v) is 5.38. The lowest BCUT2D eigenvalue weighted by molar-refractivity contribution is 0.577. The molecule has 172 valence electrons. The van der Waals surface area contributed by atoms with Crippen molar-refractivity contribution in [1.82, 2.24) is 19.3 Å². The molecule has 4 rings (SSSR count). The van der Waals surface area contributed by atoms with E-state index in [0.29, 0.717) is 35.1 Å². The highest BCUT2D eigenvalue weighted by Gasteiger charge is 2.15. The van der Waals surface area contributed by atoms with Gasteiger partial charge in [-0.25, -0.2) is 18.1 Å². The van der Waals surface area contributed by atoms with E-state index in [1.807, 2.05) is 36.4 Å². The number of benzene rings is 2. The summed E-state index contributed by atoms with van der Waals surface area (Å²) >= 11 is 9.88. The first-order chi connectivity index (χ1) is 15.9. The van der Waals surface area contributed by atoms with Crippen LogP contribution in [0, 0.1) is 6.92 Å². The monoisotopic (exact) mass is 547 g/mol. The third kappa shape index (κ3) is 5.38. The van der Waals surface area contributed by atoms with Gasteiger partial charge in [0.2, 0.25) is 10.0 Å². The van der Waals surface area contributed by atoms with Crippen molar-refractivity contribution in [1.29, 1.82) is 0 Å². The van der Waals surface area contributed by atoms with E-state index in [0.717, 1.165) is 33.5 Å². The number of nitrogens with one attached hydrogen (secondary N) is 2.